The highest BCUT2D eigenvalue weighted by Gasteiger charge is 2.38. The molecule has 2 heterocycles. The van der Waals surface area contributed by atoms with E-state index in [1.54, 1.807) is 29.2 Å². The van der Waals surface area contributed by atoms with Crippen LogP contribution in [0, 0.1) is 5.92 Å². The van der Waals surface area contributed by atoms with Crippen molar-refractivity contribution in [2.24, 2.45) is 5.92 Å². The number of likely N-dealkylation sites (tertiary alicyclic amines) is 1. The number of nitrogens with one attached hydrogen (secondary N) is 2. The number of rotatable bonds is 11. The molecule has 0 saturated carbocycles. The molecule has 1 aliphatic heterocycles. The van der Waals surface area contributed by atoms with Crippen LogP contribution in [0.1, 0.15) is 87.6 Å². The Labute approximate surface area is 247 Å². The summed E-state index contributed by atoms with van der Waals surface area (Å²) in [6.07, 6.45) is 2.49. The van der Waals surface area contributed by atoms with Crippen LogP contribution in [0.25, 0.3) is 0 Å². The molecule has 42 heavy (non-hydrogen) atoms. The summed E-state index contributed by atoms with van der Waals surface area (Å²) in [4.78, 5) is 46.0. The summed E-state index contributed by atoms with van der Waals surface area (Å²) < 4.78 is 11.3. The average molecular weight is 576 g/mol. The number of carbonyl (C=O) groups excluding carboxylic acids is 3. The molecule has 2 atom stereocenters. The topological polar surface area (TPSA) is 127 Å². The van der Waals surface area contributed by atoms with Gasteiger partial charge in [-0.3, -0.25) is 14.4 Å². The minimum atomic E-state index is -0.762. The van der Waals surface area contributed by atoms with E-state index in [0.717, 1.165) is 12.0 Å². The largest absolute Gasteiger partial charge is 0.483 e. The zero-order chi connectivity index (χ0) is 30.3. The van der Waals surface area contributed by atoms with E-state index in [4.69, 9.17) is 9.26 Å². The molecule has 10 heteroatoms. The predicted molar refractivity (Wildman–Crippen MR) is 158 cm³/mol. The van der Waals surface area contributed by atoms with Gasteiger partial charge >= 0.3 is 0 Å². The Morgan fingerprint density at radius 1 is 1.07 bits per heavy atom. The standard InChI is InChI=1S/C32H41N5O5/c1-21(2)18-24(33-29(39)23-14-9-10-16-26(23)41-20-28(38)35-32(3,4)5)31(40)37-17-11-15-25(37)30-34-27(36-42-30)19-22-12-7-6-8-13-22/h6-10,12-14,16,21,24-25H,11,15,17-20H2,1-5H3,(H,33,39)(H,35,38)/t24-,25-/m1/s1. The van der Waals surface area contributed by atoms with Gasteiger partial charge in [0.15, 0.2) is 12.4 Å². The van der Waals surface area contributed by atoms with Crippen LogP contribution in [0.3, 0.4) is 0 Å². The van der Waals surface area contributed by atoms with Gasteiger partial charge in [0.1, 0.15) is 17.8 Å². The summed E-state index contributed by atoms with van der Waals surface area (Å²) in [7, 11) is 0. The van der Waals surface area contributed by atoms with E-state index in [1.165, 1.54) is 0 Å². The van der Waals surface area contributed by atoms with Crippen molar-refractivity contribution in [3.8, 4) is 5.75 Å². The Balaban J connectivity index is 1.46. The summed E-state index contributed by atoms with van der Waals surface area (Å²) in [5, 5.41) is 9.93. The molecule has 3 aromatic rings. The summed E-state index contributed by atoms with van der Waals surface area (Å²) in [6, 6.07) is 15.5. The molecule has 1 fully saturated rings. The van der Waals surface area contributed by atoms with Gasteiger partial charge in [0, 0.05) is 18.5 Å². The number of ether oxygens (including phenoxy) is 1. The third-order valence-corrected chi connectivity index (χ3v) is 6.83. The zero-order valence-electron chi connectivity index (χ0n) is 25.1. The summed E-state index contributed by atoms with van der Waals surface area (Å²) >= 11 is 0. The fraction of sp³-hybridized carbons (Fsp3) is 0.469. The van der Waals surface area contributed by atoms with Crippen LogP contribution in [0.5, 0.6) is 5.75 Å². The van der Waals surface area contributed by atoms with E-state index in [9.17, 15) is 14.4 Å². The van der Waals surface area contributed by atoms with Gasteiger partial charge < -0.3 is 24.8 Å². The lowest BCUT2D eigenvalue weighted by Gasteiger charge is -2.28. The van der Waals surface area contributed by atoms with E-state index in [2.05, 4.69) is 20.8 Å². The van der Waals surface area contributed by atoms with E-state index in [0.29, 0.717) is 37.5 Å². The molecule has 2 aromatic carbocycles. The lowest BCUT2D eigenvalue weighted by molar-refractivity contribution is -0.135. The molecule has 3 amide bonds. The zero-order valence-corrected chi connectivity index (χ0v) is 25.1. The highest BCUT2D eigenvalue weighted by Crippen LogP contribution is 2.32. The number of benzene rings is 2. The third kappa shape index (κ3) is 8.41. The molecule has 1 aliphatic rings. The number of carbonyl (C=O) groups is 3. The highest BCUT2D eigenvalue weighted by atomic mass is 16.5. The highest BCUT2D eigenvalue weighted by molar-refractivity contribution is 5.99. The van der Waals surface area contributed by atoms with Crippen molar-refractivity contribution in [3.05, 3.63) is 77.4 Å². The molecule has 0 radical (unpaired) electrons. The first-order chi connectivity index (χ1) is 20.0. The fourth-order valence-electron chi connectivity index (χ4n) is 5.05. The van der Waals surface area contributed by atoms with Crippen molar-refractivity contribution >= 4 is 17.7 Å². The second-order valence-corrected chi connectivity index (χ2v) is 12.1. The van der Waals surface area contributed by atoms with Crippen LogP contribution in [0.2, 0.25) is 0 Å². The number of aromatic nitrogens is 2. The summed E-state index contributed by atoms with van der Waals surface area (Å²) in [5.41, 5.74) is 0.922. The molecule has 4 rings (SSSR count). The van der Waals surface area contributed by atoms with Crippen molar-refractivity contribution in [2.45, 2.75) is 77.9 Å². The molecule has 10 nitrogen and oxygen atoms in total. The molecule has 1 saturated heterocycles. The van der Waals surface area contributed by atoms with Gasteiger partial charge in [-0.15, -0.1) is 0 Å². The van der Waals surface area contributed by atoms with Gasteiger partial charge in [0.25, 0.3) is 11.8 Å². The normalized spacial score (nSPS) is 15.9. The first-order valence-electron chi connectivity index (χ1n) is 14.5. The van der Waals surface area contributed by atoms with Gasteiger partial charge in [0.05, 0.1) is 5.56 Å². The Bertz CT molecular complexity index is 1360. The molecule has 1 aromatic heterocycles. The minimum absolute atomic E-state index is 0.147. The van der Waals surface area contributed by atoms with Crippen molar-refractivity contribution in [2.75, 3.05) is 13.2 Å². The first kappa shape index (κ1) is 30.7. The second kappa shape index (κ2) is 13.6. The number of hydrogen-bond donors (Lipinski definition) is 2. The van der Waals surface area contributed by atoms with E-state index in [-0.39, 0.29) is 41.7 Å². The van der Waals surface area contributed by atoms with E-state index in [1.807, 2.05) is 65.0 Å². The molecule has 2 N–H and O–H groups in total. The van der Waals surface area contributed by atoms with Crippen LogP contribution >= 0.6 is 0 Å². The maximum absolute atomic E-state index is 13.9. The van der Waals surface area contributed by atoms with E-state index < -0.39 is 17.5 Å². The molecule has 0 unspecified atom stereocenters. The number of para-hydroxylation sites is 1. The molecular formula is C32H41N5O5. The first-order valence-corrected chi connectivity index (χ1v) is 14.5. The monoisotopic (exact) mass is 575 g/mol. The van der Waals surface area contributed by atoms with Crippen LogP contribution in [-0.4, -0.2) is 57.5 Å². The van der Waals surface area contributed by atoms with Crippen molar-refractivity contribution in [1.82, 2.24) is 25.7 Å². The number of nitrogens with zero attached hydrogens (tertiary/aromatic N) is 3. The predicted octanol–water partition coefficient (Wildman–Crippen LogP) is 4.46. The minimum Gasteiger partial charge on any atom is -0.483 e. The maximum atomic E-state index is 13.9. The molecule has 0 aliphatic carbocycles. The van der Waals surface area contributed by atoms with E-state index >= 15 is 0 Å². The second-order valence-electron chi connectivity index (χ2n) is 12.1. The van der Waals surface area contributed by atoms with Gasteiger partial charge in [-0.05, 0) is 63.6 Å². The average Bonchev–Trinajstić information content (AvgIpc) is 3.60. The summed E-state index contributed by atoms with van der Waals surface area (Å²) in [6.45, 7) is 9.95. The van der Waals surface area contributed by atoms with Crippen LogP contribution in [-0.2, 0) is 16.0 Å². The Kier molecular flexibility index (Phi) is 9.98. The number of amides is 3. The third-order valence-electron chi connectivity index (χ3n) is 6.83. The van der Waals surface area contributed by atoms with Crippen molar-refractivity contribution in [3.63, 3.8) is 0 Å². The van der Waals surface area contributed by atoms with Crippen molar-refractivity contribution in [1.29, 1.82) is 0 Å². The van der Waals surface area contributed by atoms with Crippen LogP contribution in [0.4, 0.5) is 0 Å². The summed E-state index contributed by atoms with van der Waals surface area (Å²) in [5.74, 6) is 0.465. The van der Waals surface area contributed by atoms with Gasteiger partial charge in [0.2, 0.25) is 11.8 Å². The molecule has 0 spiro atoms. The lowest BCUT2D eigenvalue weighted by Crippen LogP contribution is -2.49. The fourth-order valence-corrected chi connectivity index (χ4v) is 5.05. The quantitative estimate of drug-likeness (QED) is 0.346. The Morgan fingerprint density at radius 2 is 1.79 bits per heavy atom. The smallest absolute Gasteiger partial charge is 0.258 e. The molecular weight excluding hydrogens is 534 g/mol. The Morgan fingerprint density at radius 3 is 2.50 bits per heavy atom. The lowest BCUT2D eigenvalue weighted by atomic mass is 10.0. The van der Waals surface area contributed by atoms with Gasteiger partial charge in [-0.2, -0.15) is 4.98 Å². The van der Waals surface area contributed by atoms with Gasteiger partial charge in [-0.1, -0.05) is 61.5 Å². The molecule has 224 valence electrons. The SMILES string of the molecule is CC(C)C[C@@H](NC(=O)c1ccccc1OCC(=O)NC(C)(C)C)C(=O)N1CCC[C@@H]1c1nc(Cc2ccccc2)no1. The van der Waals surface area contributed by atoms with Crippen molar-refractivity contribution < 1.29 is 23.6 Å². The molecule has 0 bridgehead atoms. The van der Waals surface area contributed by atoms with Crippen LogP contribution in [0.15, 0.2) is 59.1 Å². The Hall–Kier alpha value is -4.21. The van der Waals surface area contributed by atoms with Crippen LogP contribution < -0.4 is 15.4 Å². The maximum Gasteiger partial charge on any atom is 0.258 e. The number of hydrogen-bond acceptors (Lipinski definition) is 7. The van der Waals surface area contributed by atoms with Gasteiger partial charge in [-0.25, -0.2) is 0 Å².